The molecule has 0 fully saturated rings. The molecule has 1 amide bonds. The van der Waals surface area contributed by atoms with Crippen molar-refractivity contribution in [2.24, 2.45) is 14.1 Å². The van der Waals surface area contributed by atoms with E-state index in [9.17, 15) is 14.4 Å². The van der Waals surface area contributed by atoms with Crippen LogP contribution < -0.4 is 16.6 Å². The molecule has 0 saturated heterocycles. The Bertz CT molecular complexity index is 1170. The smallest absolute Gasteiger partial charge is 0.324 e. The van der Waals surface area contributed by atoms with Crippen molar-refractivity contribution >= 4 is 57.6 Å². The highest BCUT2D eigenvalue weighted by atomic mass is 35.5. The first kappa shape index (κ1) is 19.5. The summed E-state index contributed by atoms with van der Waals surface area (Å²) < 4.78 is 2.27. The predicted octanol–water partition coefficient (Wildman–Crippen LogP) is 2.67. The molecule has 140 valence electrons. The van der Waals surface area contributed by atoms with Crippen molar-refractivity contribution in [2.45, 2.75) is 4.90 Å². The van der Waals surface area contributed by atoms with Crippen LogP contribution in [0.1, 0.15) is 0 Å². The van der Waals surface area contributed by atoms with Crippen molar-refractivity contribution < 1.29 is 4.79 Å². The van der Waals surface area contributed by atoms with Crippen LogP contribution in [-0.4, -0.2) is 25.8 Å². The van der Waals surface area contributed by atoms with Gasteiger partial charge in [-0.3, -0.25) is 18.7 Å². The SMILES string of the molecule is Cn1c(=O)c2cc(NC(=O)CSc3cc(Cl)ccc3Cl)cnc2n(C)c1=O. The predicted molar refractivity (Wildman–Crippen MR) is 108 cm³/mol. The normalized spacial score (nSPS) is 11.0. The lowest BCUT2D eigenvalue weighted by Crippen LogP contribution is -2.37. The maximum absolute atomic E-state index is 12.3. The second-order valence-corrected chi connectivity index (χ2v) is 7.57. The summed E-state index contributed by atoms with van der Waals surface area (Å²) in [6.45, 7) is 0. The largest absolute Gasteiger partial charge is 0.332 e. The topological polar surface area (TPSA) is 86.0 Å². The molecule has 2 aromatic heterocycles. The summed E-state index contributed by atoms with van der Waals surface area (Å²) in [7, 11) is 2.92. The molecule has 0 unspecified atom stereocenters. The molecular formula is C17H14Cl2N4O3S. The first-order chi connectivity index (χ1) is 12.8. The molecule has 3 rings (SSSR count). The number of benzene rings is 1. The third-order valence-corrected chi connectivity index (χ3v) is 5.56. The van der Waals surface area contributed by atoms with Gasteiger partial charge in [0, 0.05) is 24.0 Å². The second-order valence-electron chi connectivity index (χ2n) is 5.71. The average molecular weight is 425 g/mol. The van der Waals surface area contributed by atoms with E-state index in [0.717, 1.165) is 4.57 Å². The van der Waals surface area contributed by atoms with Gasteiger partial charge in [0.05, 0.1) is 28.0 Å². The number of hydrogen-bond acceptors (Lipinski definition) is 5. The Hall–Kier alpha value is -2.29. The number of amides is 1. The number of pyridine rings is 1. The quantitative estimate of drug-likeness (QED) is 0.650. The lowest BCUT2D eigenvalue weighted by atomic mass is 10.3. The van der Waals surface area contributed by atoms with Crippen molar-refractivity contribution in [3.8, 4) is 0 Å². The van der Waals surface area contributed by atoms with Gasteiger partial charge >= 0.3 is 5.69 Å². The van der Waals surface area contributed by atoms with Gasteiger partial charge in [-0.05, 0) is 24.3 Å². The lowest BCUT2D eigenvalue weighted by molar-refractivity contribution is -0.113. The summed E-state index contributed by atoms with van der Waals surface area (Å²) in [5, 5.41) is 3.96. The zero-order valence-electron chi connectivity index (χ0n) is 14.3. The van der Waals surface area contributed by atoms with Crippen molar-refractivity contribution in [3.05, 3.63) is 61.3 Å². The van der Waals surface area contributed by atoms with Crippen LogP contribution in [0.2, 0.25) is 10.0 Å². The Kier molecular flexibility index (Phi) is 5.59. The molecule has 7 nitrogen and oxygen atoms in total. The van der Waals surface area contributed by atoms with Gasteiger partial charge in [-0.15, -0.1) is 11.8 Å². The number of aromatic nitrogens is 3. The Morgan fingerprint density at radius 3 is 2.67 bits per heavy atom. The van der Waals surface area contributed by atoms with Crippen LogP contribution in [0.25, 0.3) is 11.0 Å². The molecule has 1 aromatic carbocycles. The Labute approximate surface area is 167 Å². The summed E-state index contributed by atoms with van der Waals surface area (Å²) in [6.07, 6.45) is 1.40. The van der Waals surface area contributed by atoms with Gasteiger partial charge in [0.1, 0.15) is 5.65 Å². The molecule has 2 heterocycles. The van der Waals surface area contributed by atoms with Crippen LogP contribution in [0.5, 0.6) is 0 Å². The summed E-state index contributed by atoms with van der Waals surface area (Å²) in [5.41, 5.74) is -0.328. The zero-order valence-corrected chi connectivity index (χ0v) is 16.7. The molecule has 0 atom stereocenters. The van der Waals surface area contributed by atoms with Gasteiger partial charge < -0.3 is 5.32 Å². The van der Waals surface area contributed by atoms with E-state index in [1.54, 1.807) is 18.2 Å². The molecular weight excluding hydrogens is 411 g/mol. The highest BCUT2D eigenvalue weighted by Crippen LogP contribution is 2.29. The van der Waals surface area contributed by atoms with E-state index in [4.69, 9.17) is 23.2 Å². The maximum atomic E-state index is 12.3. The molecule has 0 saturated carbocycles. The number of hydrogen-bond donors (Lipinski definition) is 1. The molecule has 0 aliphatic carbocycles. The van der Waals surface area contributed by atoms with Crippen molar-refractivity contribution in [1.82, 2.24) is 14.1 Å². The monoisotopic (exact) mass is 424 g/mol. The summed E-state index contributed by atoms with van der Waals surface area (Å²) in [4.78, 5) is 41.3. The number of fused-ring (bicyclic) bond motifs is 1. The van der Waals surface area contributed by atoms with E-state index in [0.29, 0.717) is 20.6 Å². The van der Waals surface area contributed by atoms with Gasteiger partial charge in [0.15, 0.2) is 0 Å². The van der Waals surface area contributed by atoms with Crippen LogP contribution in [-0.2, 0) is 18.9 Å². The van der Waals surface area contributed by atoms with Gasteiger partial charge in [-0.2, -0.15) is 0 Å². The van der Waals surface area contributed by atoms with E-state index < -0.39 is 11.2 Å². The van der Waals surface area contributed by atoms with E-state index in [1.165, 1.54) is 42.7 Å². The highest BCUT2D eigenvalue weighted by Gasteiger charge is 2.12. The molecule has 0 radical (unpaired) electrons. The number of rotatable bonds is 4. The molecule has 1 N–H and O–H groups in total. The third kappa shape index (κ3) is 4.02. The fourth-order valence-corrected chi connectivity index (χ4v) is 3.75. The van der Waals surface area contributed by atoms with E-state index in [-0.39, 0.29) is 22.7 Å². The summed E-state index contributed by atoms with van der Waals surface area (Å²) in [5.74, 6) is -0.192. The number of carbonyl (C=O) groups excluding carboxylic acids is 1. The molecule has 0 spiro atoms. The Morgan fingerprint density at radius 2 is 1.93 bits per heavy atom. The Balaban J connectivity index is 1.80. The van der Waals surface area contributed by atoms with Crippen molar-refractivity contribution in [3.63, 3.8) is 0 Å². The highest BCUT2D eigenvalue weighted by molar-refractivity contribution is 8.00. The van der Waals surface area contributed by atoms with Crippen LogP contribution >= 0.6 is 35.0 Å². The standard InChI is InChI=1S/C17H14Cl2N4O3S/c1-22-15-11(16(25)23(2)17(22)26)6-10(7-20-15)21-14(24)8-27-13-5-9(18)3-4-12(13)19/h3-7H,8H2,1-2H3,(H,21,24). The van der Waals surface area contributed by atoms with E-state index in [2.05, 4.69) is 10.3 Å². The first-order valence-electron chi connectivity index (χ1n) is 7.71. The minimum absolute atomic E-state index is 0.101. The fraction of sp³-hybridized carbons (Fsp3) is 0.176. The summed E-state index contributed by atoms with van der Waals surface area (Å²) >= 11 is 13.3. The van der Waals surface area contributed by atoms with Crippen molar-refractivity contribution in [2.75, 3.05) is 11.1 Å². The van der Waals surface area contributed by atoms with Crippen LogP contribution in [0.3, 0.4) is 0 Å². The molecule has 27 heavy (non-hydrogen) atoms. The number of anilines is 1. The minimum Gasteiger partial charge on any atom is -0.324 e. The fourth-order valence-electron chi connectivity index (χ4n) is 2.46. The second kappa shape index (κ2) is 7.75. The van der Waals surface area contributed by atoms with Gasteiger partial charge in [0.2, 0.25) is 5.91 Å². The van der Waals surface area contributed by atoms with Crippen LogP contribution in [0.4, 0.5) is 5.69 Å². The number of carbonyl (C=O) groups is 1. The Morgan fingerprint density at radius 1 is 1.19 bits per heavy atom. The molecule has 0 aliphatic heterocycles. The molecule has 10 heteroatoms. The number of nitrogens with zero attached hydrogens (tertiary/aromatic N) is 3. The number of halogens is 2. The lowest BCUT2D eigenvalue weighted by Gasteiger charge is -2.09. The third-order valence-electron chi connectivity index (χ3n) is 3.83. The molecule has 0 bridgehead atoms. The zero-order chi connectivity index (χ0) is 19.7. The summed E-state index contributed by atoms with van der Waals surface area (Å²) in [6, 6.07) is 6.52. The average Bonchev–Trinajstić information content (AvgIpc) is 2.65. The number of aryl methyl sites for hydroxylation is 1. The van der Waals surface area contributed by atoms with Crippen molar-refractivity contribution in [1.29, 1.82) is 0 Å². The van der Waals surface area contributed by atoms with Gasteiger partial charge in [0.25, 0.3) is 5.56 Å². The first-order valence-corrected chi connectivity index (χ1v) is 9.45. The molecule has 3 aromatic rings. The number of nitrogens with one attached hydrogen (secondary N) is 1. The van der Waals surface area contributed by atoms with Crippen LogP contribution in [0, 0.1) is 0 Å². The molecule has 0 aliphatic rings. The van der Waals surface area contributed by atoms with Crippen LogP contribution in [0.15, 0.2) is 44.9 Å². The van der Waals surface area contributed by atoms with Gasteiger partial charge in [-0.25, -0.2) is 9.78 Å². The van der Waals surface area contributed by atoms with E-state index in [1.807, 2.05) is 0 Å². The minimum atomic E-state index is -0.475. The number of thioether (sulfide) groups is 1. The maximum Gasteiger partial charge on any atom is 0.332 e. The van der Waals surface area contributed by atoms with Gasteiger partial charge in [-0.1, -0.05) is 23.2 Å². The van der Waals surface area contributed by atoms with E-state index >= 15 is 0 Å².